The molecule has 0 saturated heterocycles. The van der Waals surface area contributed by atoms with Gasteiger partial charge in [0.15, 0.2) is 5.96 Å². The molecule has 0 saturated carbocycles. The Balaban J connectivity index is 1.83. The Labute approximate surface area is 174 Å². The topological polar surface area (TPSA) is 83.3 Å². The van der Waals surface area contributed by atoms with Crippen molar-refractivity contribution < 1.29 is 4.79 Å². The molecule has 0 aliphatic rings. The lowest BCUT2D eigenvalue weighted by Crippen LogP contribution is -2.43. The predicted octanol–water partition coefficient (Wildman–Crippen LogP) is 2.58. The summed E-state index contributed by atoms with van der Waals surface area (Å²) in [6, 6.07) is 10.1. The average Bonchev–Trinajstić information content (AvgIpc) is 3.03. The molecular weight excluding hydrogens is 364 g/mol. The number of carbonyl (C=O) groups excluding carboxylic acids is 1. The van der Waals surface area contributed by atoms with Gasteiger partial charge in [0.2, 0.25) is 5.91 Å². The highest BCUT2D eigenvalue weighted by Crippen LogP contribution is 2.13. The van der Waals surface area contributed by atoms with E-state index in [1.807, 2.05) is 69.6 Å². The molecular formula is C22H34N6O. The van der Waals surface area contributed by atoms with E-state index in [0.29, 0.717) is 5.96 Å². The van der Waals surface area contributed by atoms with Crippen LogP contribution >= 0.6 is 0 Å². The van der Waals surface area contributed by atoms with E-state index >= 15 is 0 Å². The van der Waals surface area contributed by atoms with E-state index in [9.17, 15) is 4.79 Å². The van der Waals surface area contributed by atoms with E-state index in [1.165, 1.54) is 5.56 Å². The number of nitrogens with one attached hydrogen (secondary N) is 3. The van der Waals surface area contributed by atoms with Gasteiger partial charge in [-0.15, -0.1) is 0 Å². The smallest absolute Gasteiger partial charge is 0.242 e. The van der Waals surface area contributed by atoms with Crippen LogP contribution in [0.4, 0.5) is 0 Å². The highest BCUT2D eigenvalue weighted by molar-refractivity contribution is 5.85. The van der Waals surface area contributed by atoms with Gasteiger partial charge in [0, 0.05) is 24.8 Å². The molecule has 1 aromatic heterocycles. The molecule has 7 nitrogen and oxygen atoms in total. The minimum absolute atomic E-state index is 0.0846. The van der Waals surface area contributed by atoms with Crippen LogP contribution in [0.1, 0.15) is 45.4 Å². The van der Waals surface area contributed by atoms with E-state index in [-0.39, 0.29) is 18.0 Å². The summed E-state index contributed by atoms with van der Waals surface area (Å²) in [4.78, 5) is 16.3. The number of benzene rings is 1. The molecule has 0 bridgehead atoms. The van der Waals surface area contributed by atoms with E-state index in [1.54, 1.807) is 0 Å². The Morgan fingerprint density at radius 3 is 2.55 bits per heavy atom. The van der Waals surface area contributed by atoms with Gasteiger partial charge in [-0.2, -0.15) is 5.10 Å². The van der Waals surface area contributed by atoms with Gasteiger partial charge in [-0.25, -0.2) is 9.67 Å². The van der Waals surface area contributed by atoms with Gasteiger partial charge in [0.25, 0.3) is 0 Å². The molecule has 3 N–H and O–H groups in total. The lowest BCUT2D eigenvalue weighted by atomic mass is 10.1. The number of aliphatic imine (C=N–C) groups is 1. The van der Waals surface area contributed by atoms with Crippen molar-refractivity contribution in [1.82, 2.24) is 25.7 Å². The van der Waals surface area contributed by atoms with Gasteiger partial charge in [0.05, 0.1) is 11.4 Å². The maximum atomic E-state index is 12.0. The van der Waals surface area contributed by atoms with Crippen LogP contribution in [0, 0.1) is 6.92 Å². The summed E-state index contributed by atoms with van der Waals surface area (Å²) in [5.74, 6) is 0.576. The first-order chi connectivity index (χ1) is 13.8. The molecule has 1 heterocycles. The number of hydrogen-bond acceptors (Lipinski definition) is 3. The van der Waals surface area contributed by atoms with Crippen molar-refractivity contribution in [2.45, 2.75) is 53.0 Å². The maximum Gasteiger partial charge on any atom is 0.242 e. The fourth-order valence-electron chi connectivity index (χ4n) is 2.89. The van der Waals surface area contributed by atoms with Gasteiger partial charge < -0.3 is 16.0 Å². The number of carbonyl (C=O) groups is 1. The molecule has 0 spiro atoms. The Morgan fingerprint density at radius 1 is 1.17 bits per heavy atom. The van der Waals surface area contributed by atoms with Gasteiger partial charge in [-0.3, -0.25) is 4.79 Å². The van der Waals surface area contributed by atoms with E-state index in [0.717, 1.165) is 37.3 Å². The Morgan fingerprint density at radius 2 is 1.90 bits per heavy atom. The number of para-hydroxylation sites is 1. The number of hydrogen-bond donors (Lipinski definition) is 3. The Bertz CT molecular complexity index is 804. The quantitative estimate of drug-likeness (QED) is 0.363. The number of rotatable bonds is 8. The van der Waals surface area contributed by atoms with E-state index in [4.69, 9.17) is 0 Å². The fraction of sp³-hybridized carbons (Fsp3) is 0.500. The molecule has 0 unspecified atom stereocenters. The van der Waals surface area contributed by atoms with Crippen LogP contribution in [0.5, 0.6) is 0 Å². The molecule has 0 aliphatic heterocycles. The van der Waals surface area contributed by atoms with Crippen LogP contribution in [0.3, 0.4) is 0 Å². The van der Waals surface area contributed by atoms with Crippen molar-refractivity contribution in [3.8, 4) is 5.69 Å². The standard InChI is InChI=1S/C22H34N6O/c1-6-23-21(25-15-20(29)26-22(3,4)5)24-14-10-11-18-16-28(27-17(18)2)19-12-8-7-9-13-19/h7-9,12-13,16H,6,10-11,14-15H2,1-5H3,(H,26,29)(H2,23,24,25). The summed E-state index contributed by atoms with van der Waals surface area (Å²) >= 11 is 0. The zero-order valence-electron chi connectivity index (χ0n) is 18.2. The van der Waals surface area contributed by atoms with E-state index < -0.39 is 0 Å². The summed E-state index contributed by atoms with van der Waals surface area (Å²) in [5.41, 5.74) is 3.10. The monoisotopic (exact) mass is 398 g/mol. The van der Waals surface area contributed by atoms with Crippen molar-refractivity contribution in [3.05, 3.63) is 47.8 Å². The number of nitrogens with zero attached hydrogens (tertiary/aromatic N) is 3. The molecule has 7 heteroatoms. The number of guanidine groups is 1. The number of amides is 1. The van der Waals surface area contributed by atoms with Crippen molar-refractivity contribution in [2.75, 3.05) is 19.6 Å². The molecule has 0 aliphatic carbocycles. The number of aryl methyl sites for hydroxylation is 2. The van der Waals surface area contributed by atoms with Gasteiger partial charge in [0.1, 0.15) is 6.54 Å². The normalized spacial score (nSPS) is 12.0. The number of aromatic nitrogens is 2. The van der Waals surface area contributed by atoms with Crippen LogP contribution in [0.15, 0.2) is 41.5 Å². The summed E-state index contributed by atoms with van der Waals surface area (Å²) in [6.45, 7) is 11.5. The van der Waals surface area contributed by atoms with Crippen molar-refractivity contribution in [2.24, 2.45) is 4.99 Å². The summed E-state index contributed by atoms with van der Waals surface area (Å²) < 4.78 is 1.93. The third kappa shape index (κ3) is 7.97. The molecule has 29 heavy (non-hydrogen) atoms. The largest absolute Gasteiger partial charge is 0.357 e. The fourth-order valence-corrected chi connectivity index (χ4v) is 2.89. The minimum atomic E-state index is -0.250. The molecule has 1 amide bonds. The van der Waals surface area contributed by atoms with Gasteiger partial charge in [-0.1, -0.05) is 18.2 Å². The zero-order chi connectivity index (χ0) is 21.3. The molecule has 0 fully saturated rings. The molecule has 0 atom stereocenters. The van der Waals surface area contributed by atoms with Crippen LogP contribution in [-0.4, -0.2) is 46.8 Å². The summed E-state index contributed by atoms with van der Waals surface area (Å²) in [7, 11) is 0. The zero-order valence-corrected chi connectivity index (χ0v) is 18.2. The van der Waals surface area contributed by atoms with Crippen LogP contribution in [0.2, 0.25) is 0 Å². The highest BCUT2D eigenvalue weighted by Gasteiger charge is 2.13. The molecule has 2 rings (SSSR count). The lowest BCUT2D eigenvalue weighted by Gasteiger charge is -2.20. The molecule has 0 radical (unpaired) electrons. The highest BCUT2D eigenvalue weighted by atomic mass is 16.2. The second kappa shape index (κ2) is 10.6. The maximum absolute atomic E-state index is 12.0. The first-order valence-corrected chi connectivity index (χ1v) is 10.2. The van der Waals surface area contributed by atoms with Crippen LogP contribution in [-0.2, 0) is 11.2 Å². The van der Waals surface area contributed by atoms with Crippen LogP contribution in [0.25, 0.3) is 5.69 Å². The second-order valence-electron chi connectivity index (χ2n) is 8.04. The Kier molecular flexibility index (Phi) is 8.24. The lowest BCUT2D eigenvalue weighted by molar-refractivity contribution is -0.121. The van der Waals surface area contributed by atoms with Gasteiger partial charge in [-0.05, 0) is 65.2 Å². The SMILES string of the molecule is CCNC(=NCC(=O)NC(C)(C)C)NCCCc1cn(-c2ccccc2)nc1C. The first-order valence-electron chi connectivity index (χ1n) is 10.2. The van der Waals surface area contributed by atoms with Gasteiger partial charge >= 0.3 is 0 Å². The third-order valence-corrected chi connectivity index (χ3v) is 4.18. The Hall–Kier alpha value is -2.83. The molecule has 158 valence electrons. The first kappa shape index (κ1) is 22.5. The third-order valence-electron chi connectivity index (χ3n) is 4.18. The summed E-state index contributed by atoms with van der Waals surface area (Å²) in [5, 5.41) is 14.0. The molecule has 1 aromatic carbocycles. The van der Waals surface area contributed by atoms with Crippen molar-refractivity contribution in [3.63, 3.8) is 0 Å². The van der Waals surface area contributed by atoms with E-state index in [2.05, 4.69) is 32.2 Å². The van der Waals surface area contributed by atoms with Crippen LogP contribution < -0.4 is 16.0 Å². The minimum Gasteiger partial charge on any atom is -0.357 e. The summed E-state index contributed by atoms with van der Waals surface area (Å²) in [6.07, 6.45) is 3.97. The molecule has 2 aromatic rings. The predicted molar refractivity (Wildman–Crippen MR) is 118 cm³/mol. The second-order valence-corrected chi connectivity index (χ2v) is 8.04. The average molecular weight is 399 g/mol. The van der Waals surface area contributed by atoms with Crippen molar-refractivity contribution in [1.29, 1.82) is 0 Å². The van der Waals surface area contributed by atoms with Crippen molar-refractivity contribution >= 4 is 11.9 Å².